The van der Waals surface area contributed by atoms with E-state index in [2.05, 4.69) is 10.3 Å². The number of rotatable bonds is 2. The summed E-state index contributed by atoms with van der Waals surface area (Å²) in [6.45, 7) is 1.05. The van der Waals surface area contributed by atoms with Gasteiger partial charge in [0.15, 0.2) is 0 Å². The molecule has 5 heteroatoms. The lowest BCUT2D eigenvalue weighted by molar-refractivity contribution is -0.00349. The van der Waals surface area contributed by atoms with Gasteiger partial charge in [0.2, 0.25) is 0 Å². The second kappa shape index (κ2) is 3.63. The van der Waals surface area contributed by atoms with Crippen molar-refractivity contribution in [1.29, 1.82) is 0 Å². The van der Waals surface area contributed by atoms with Crippen LogP contribution in [-0.4, -0.2) is 30.1 Å². The summed E-state index contributed by atoms with van der Waals surface area (Å²) in [6, 6.07) is 3.16. The normalized spacial score (nSPS) is 16.0. The third-order valence-electron chi connectivity index (χ3n) is 2.04. The molecule has 1 saturated heterocycles. The summed E-state index contributed by atoms with van der Waals surface area (Å²) in [5, 5.41) is 2.69. The highest BCUT2D eigenvalue weighted by atomic mass is 16.5. The lowest BCUT2D eigenvalue weighted by atomic mass is 10.2. The van der Waals surface area contributed by atoms with Crippen LogP contribution in [-0.2, 0) is 4.74 Å². The first-order valence-corrected chi connectivity index (χ1v) is 4.33. The second-order valence-electron chi connectivity index (χ2n) is 3.12. The maximum absolute atomic E-state index is 11.5. The van der Waals surface area contributed by atoms with Crippen LogP contribution in [0.15, 0.2) is 23.1 Å². The van der Waals surface area contributed by atoms with E-state index in [9.17, 15) is 9.59 Å². The summed E-state index contributed by atoms with van der Waals surface area (Å²) in [6.07, 6.45) is 1.49. The van der Waals surface area contributed by atoms with Crippen LogP contribution >= 0.6 is 0 Å². The van der Waals surface area contributed by atoms with Gasteiger partial charge in [-0.3, -0.25) is 9.59 Å². The Bertz CT molecular complexity index is 395. The van der Waals surface area contributed by atoms with Gasteiger partial charge in [0, 0.05) is 6.20 Å². The molecule has 0 aliphatic carbocycles. The first-order valence-electron chi connectivity index (χ1n) is 4.33. The Labute approximate surface area is 80.1 Å². The summed E-state index contributed by atoms with van der Waals surface area (Å²) in [4.78, 5) is 25.1. The van der Waals surface area contributed by atoms with Crippen LogP contribution in [0.4, 0.5) is 0 Å². The molecule has 0 atom stereocenters. The van der Waals surface area contributed by atoms with E-state index in [0.717, 1.165) is 0 Å². The fourth-order valence-corrected chi connectivity index (χ4v) is 1.18. The van der Waals surface area contributed by atoms with Crippen LogP contribution in [0.2, 0.25) is 0 Å². The monoisotopic (exact) mass is 194 g/mol. The van der Waals surface area contributed by atoms with Crippen molar-refractivity contribution >= 4 is 5.91 Å². The van der Waals surface area contributed by atoms with Crippen molar-refractivity contribution in [2.45, 2.75) is 6.04 Å². The van der Waals surface area contributed by atoms with Crippen LogP contribution in [0.5, 0.6) is 0 Å². The number of nitrogens with one attached hydrogen (secondary N) is 2. The topological polar surface area (TPSA) is 71.2 Å². The van der Waals surface area contributed by atoms with Crippen molar-refractivity contribution in [3.63, 3.8) is 0 Å². The number of carbonyl (C=O) groups excluding carboxylic acids is 1. The first kappa shape index (κ1) is 8.96. The minimum Gasteiger partial charge on any atom is -0.377 e. The predicted molar refractivity (Wildman–Crippen MR) is 49.1 cm³/mol. The minimum atomic E-state index is -0.370. The van der Waals surface area contributed by atoms with E-state index in [1.165, 1.54) is 12.3 Å². The number of hydrogen-bond acceptors (Lipinski definition) is 3. The molecule has 0 bridgehead atoms. The van der Waals surface area contributed by atoms with Crippen molar-refractivity contribution in [1.82, 2.24) is 10.3 Å². The molecule has 0 saturated carbocycles. The summed E-state index contributed by atoms with van der Waals surface area (Å²) in [7, 11) is 0. The Morgan fingerprint density at radius 3 is 2.93 bits per heavy atom. The number of amides is 1. The van der Waals surface area contributed by atoms with E-state index >= 15 is 0 Å². The van der Waals surface area contributed by atoms with E-state index < -0.39 is 0 Å². The number of aromatic amines is 1. The zero-order valence-electron chi connectivity index (χ0n) is 7.45. The SMILES string of the molecule is O=C(NC1COC1)c1ccc[nH]c1=O. The molecule has 14 heavy (non-hydrogen) atoms. The van der Waals surface area contributed by atoms with Gasteiger partial charge in [-0.2, -0.15) is 0 Å². The number of carbonyl (C=O) groups is 1. The molecule has 5 nitrogen and oxygen atoms in total. The highest BCUT2D eigenvalue weighted by Crippen LogP contribution is 2.00. The van der Waals surface area contributed by atoms with Gasteiger partial charge in [0.1, 0.15) is 5.56 Å². The molecule has 0 aromatic carbocycles. The first-order chi connectivity index (χ1) is 6.77. The van der Waals surface area contributed by atoms with Crippen LogP contribution in [0.3, 0.4) is 0 Å². The van der Waals surface area contributed by atoms with Crippen molar-refractivity contribution in [3.05, 3.63) is 34.2 Å². The molecular weight excluding hydrogens is 184 g/mol. The third kappa shape index (κ3) is 1.67. The quantitative estimate of drug-likeness (QED) is 0.667. The molecule has 0 unspecified atom stereocenters. The van der Waals surface area contributed by atoms with Crippen LogP contribution in [0, 0.1) is 0 Å². The number of aromatic nitrogens is 1. The van der Waals surface area contributed by atoms with Gasteiger partial charge in [-0.15, -0.1) is 0 Å². The van der Waals surface area contributed by atoms with Gasteiger partial charge in [-0.1, -0.05) is 0 Å². The van der Waals surface area contributed by atoms with Crippen molar-refractivity contribution in [2.24, 2.45) is 0 Å². The molecule has 2 N–H and O–H groups in total. The molecule has 1 aliphatic heterocycles. The Morgan fingerprint density at radius 2 is 2.36 bits per heavy atom. The molecule has 2 rings (SSSR count). The molecule has 1 aliphatic rings. The highest BCUT2D eigenvalue weighted by Gasteiger charge is 2.21. The van der Waals surface area contributed by atoms with Crippen LogP contribution in [0.1, 0.15) is 10.4 Å². The fraction of sp³-hybridized carbons (Fsp3) is 0.333. The van der Waals surface area contributed by atoms with E-state index in [4.69, 9.17) is 4.74 Å². The van der Waals surface area contributed by atoms with E-state index in [0.29, 0.717) is 13.2 Å². The standard InChI is InChI=1S/C9H10N2O3/c12-8-7(2-1-3-10-8)9(13)11-6-4-14-5-6/h1-3,6H,4-5H2,(H,10,12)(H,11,13). The van der Waals surface area contributed by atoms with Gasteiger partial charge in [-0.25, -0.2) is 0 Å². The second-order valence-corrected chi connectivity index (χ2v) is 3.12. The van der Waals surface area contributed by atoms with E-state index in [1.54, 1.807) is 6.07 Å². The maximum atomic E-state index is 11.5. The molecule has 1 fully saturated rings. The Morgan fingerprint density at radius 1 is 1.57 bits per heavy atom. The van der Waals surface area contributed by atoms with E-state index in [1.807, 2.05) is 0 Å². The third-order valence-corrected chi connectivity index (χ3v) is 2.04. The molecule has 1 aromatic rings. The maximum Gasteiger partial charge on any atom is 0.260 e. The summed E-state index contributed by atoms with van der Waals surface area (Å²) in [5.74, 6) is -0.347. The largest absolute Gasteiger partial charge is 0.377 e. The van der Waals surface area contributed by atoms with Gasteiger partial charge >= 0.3 is 0 Å². The molecule has 0 radical (unpaired) electrons. The van der Waals surface area contributed by atoms with Gasteiger partial charge in [0.25, 0.3) is 11.5 Å². The molecular formula is C9H10N2O3. The lowest BCUT2D eigenvalue weighted by Gasteiger charge is -2.26. The number of pyridine rings is 1. The molecule has 2 heterocycles. The number of ether oxygens (including phenoxy) is 1. The Balaban J connectivity index is 2.10. The van der Waals surface area contributed by atoms with E-state index in [-0.39, 0.29) is 23.1 Å². The van der Waals surface area contributed by atoms with Crippen molar-refractivity contribution in [3.8, 4) is 0 Å². The van der Waals surface area contributed by atoms with Crippen molar-refractivity contribution < 1.29 is 9.53 Å². The lowest BCUT2D eigenvalue weighted by Crippen LogP contribution is -2.49. The summed E-state index contributed by atoms with van der Waals surface area (Å²) >= 11 is 0. The minimum absolute atomic E-state index is 0.0436. The zero-order chi connectivity index (χ0) is 9.97. The van der Waals surface area contributed by atoms with Crippen LogP contribution < -0.4 is 10.9 Å². The number of H-pyrrole nitrogens is 1. The predicted octanol–water partition coefficient (Wildman–Crippen LogP) is -0.497. The molecule has 1 aromatic heterocycles. The summed E-state index contributed by atoms with van der Waals surface area (Å²) < 4.78 is 4.90. The van der Waals surface area contributed by atoms with Crippen LogP contribution in [0.25, 0.3) is 0 Å². The number of hydrogen-bond donors (Lipinski definition) is 2. The summed E-state index contributed by atoms with van der Waals surface area (Å²) in [5.41, 5.74) is -0.232. The van der Waals surface area contributed by atoms with Gasteiger partial charge in [-0.05, 0) is 12.1 Å². The highest BCUT2D eigenvalue weighted by molar-refractivity contribution is 5.93. The Hall–Kier alpha value is -1.62. The fourth-order valence-electron chi connectivity index (χ4n) is 1.18. The average Bonchev–Trinajstić information content (AvgIpc) is 2.12. The molecule has 0 spiro atoms. The molecule has 74 valence electrons. The van der Waals surface area contributed by atoms with Gasteiger partial charge < -0.3 is 15.0 Å². The van der Waals surface area contributed by atoms with Crippen molar-refractivity contribution in [2.75, 3.05) is 13.2 Å². The average molecular weight is 194 g/mol. The smallest absolute Gasteiger partial charge is 0.260 e. The zero-order valence-corrected chi connectivity index (χ0v) is 7.45. The molecule has 1 amide bonds. The van der Waals surface area contributed by atoms with Gasteiger partial charge in [0.05, 0.1) is 19.3 Å². The Kier molecular flexibility index (Phi) is 2.32.